The molecule has 0 heterocycles. The summed E-state index contributed by atoms with van der Waals surface area (Å²) in [4.78, 5) is 14.8. The monoisotopic (exact) mass is 386 g/mol. The third-order valence-electron chi connectivity index (χ3n) is 5.32. The van der Waals surface area contributed by atoms with Crippen LogP contribution in [0, 0.1) is 0 Å². The van der Waals surface area contributed by atoms with Crippen LogP contribution >= 0.6 is 0 Å². The zero-order valence-corrected chi connectivity index (χ0v) is 16.7. The summed E-state index contributed by atoms with van der Waals surface area (Å²) in [7, 11) is -0.240. The van der Waals surface area contributed by atoms with E-state index < -0.39 is 10.0 Å². The minimum atomic E-state index is -3.62. The second-order valence-electron chi connectivity index (χ2n) is 7.04. The van der Waals surface area contributed by atoms with Crippen LogP contribution in [0.15, 0.2) is 59.5 Å². The highest BCUT2D eigenvalue weighted by Crippen LogP contribution is 2.25. The van der Waals surface area contributed by atoms with E-state index in [9.17, 15) is 13.2 Å². The maximum atomic E-state index is 12.7. The second-order valence-corrected chi connectivity index (χ2v) is 9.01. The third kappa shape index (κ3) is 4.16. The van der Waals surface area contributed by atoms with Gasteiger partial charge in [-0.2, -0.15) is 0 Å². The zero-order chi connectivity index (χ0) is 19.4. The van der Waals surface area contributed by atoms with Crippen LogP contribution in [0.25, 0.3) is 0 Å². The van der Waals surface area contributed by atoms with Crippen LogP contribution in [0.2, 0.25) is 0 Å². The number of anilines is 1. The van der Waals surface area contributed by atoms with Gasteiger partial charge >= 0.3 is 0 Å². The van der Waals surface area contributed by atoms with E-state index in [-0.39, 0.29) is 10.8 Å². The van der Waals surface area contributed by atoms with E-state index >= 15 is 0 Å². The third-order valence-corrected chi connectivity index (χ3v) is 7.12. The van der Waals surface area contributed by atoms with E-state index in [2.05, 4.69) is 0 Å². The van der Waals surface area contributed by atoms with Gasteiger partial charge in [0.15, 0.2) is 0 Å². The molecule has 2 aromatic carbocycles. The molecule has 5 nitrogen and oxygen atoms in total. The Hall–Kier alpha value is -2.34. The Labute approximate surface area is 161 Å². The molecule has 3 rings (SSSR count). The summed E-state index contributed by atoms with van der Waals surface area (Å²) >= 11 is 0. The van der Waals surface area contributed by atoms with Gasteiger partial charge in [-0.15, -0.1) is 0 Å². The summed E-state index contributed by atoms with van der Waals surface area (Å²) in [6.07, 6.45) is 5.69. The summed E-state index contributed by atoms with van der Waals surface area (Å²) in [5, 5.41) is 0. The van der Waals surface area contributed by atoms with Gasteiger partial charge in [-0.25, -0.2) is 8.42 Å². The van der Waals surface area contributed by atoms with E-state index in [0.29, 0.717) is 17.3 Å². The van der Waals surface area contributed by atoms with Crippen molar-refractivity contribution in [3.05, 3.63) is 60.2 Å². The molecule has 0 saturated heterocycles. The Morgan fingerprint density at radius 1 is 0.889 bits per heavy atom. The fourth-order valence-electron chi connectivity index (χ4n) is 3.54. The Morgan fingerprint density at radius 3 is 2.07 bits per heavy atom. The predicted molar refractivity (Wildman–Crippen MR) is 107 cm³/mol. The standard InChI is InChI=1S/C21H26N2O3S/c1-22(18-9-5-3-6-10-18)21(24)17-13-15-19(16-14-17)23(2)27(25,26)20-11-7-4-8-12-20/h4,7-8,11-16,18H,3,5-6,9-10H2,1-2H3. The van der Waals surface area contributed by atoms with Crippen LogP contribution in [-0.2, 0) is 10.0 Å². The number of benzene rings is 2. The van der Waals surface area contributed by atoms with Crippen molar-refractivity contribution in [3.63, 3.8) is 0 Å². The van der Waals surface area contributed by atoms with Gasteiger partial charge in [0.25, 0.3) is 15.9 Å². The molecule has 0 aliphatic heterocycles. The first-order valence-electron chi connectivity index (χ1n) is 9.32. The number of nitrogens with zero attached hydrogens (tertiary/aromatic N) is 2. The molecular formula is C21H26N2O3S. The fraction of sp³-hybridized carbons (Fsp3) is 0.381. The highest BCUT2D eigenvalue weighted by Gasteiger charge is 2.24. The van der Waals surface area contributed by atoms with Crippen molar-refractivity contribution in [2.24, 2.45) is 0 Å². The maximum Gasteiger partial charge on any atom is 0.264 e. The molecular weight excluding hydrogens is 360 g/mol. The number of carbonyl (C=O) groups excluding carboxylic acids is 1. The second kappa shape index (κ2) is 8.13. The van der Waals surface area contributed by atoms with Gasteiger partial charge in [0.05, 0.1) is 10.6 Å². The van der Waals surface area contributed by atoms with Gasteiger partial charge in [-0.05, 0) is 49.2 Å². The lowest BCUT2D eigenvalue weighted by atomic mass is 9.94. The number of amides is 1. The molecule has 27 heavy (non-hydrogen) atoms. The first-order chi connectivity index (χ1) is 12.9. The number of hydrogen-bond acceptors (Lipinski definition) is 3. The van der Waals surface area contributed by atoms with Crippen molar-refractivity contribution in [3.8, 4) is 0 Å². The maximum absolute atomic E-state index is 12.7. The van der Waals surface area contributed by atoms with Gasteiger partial charge in [-0.3, -0.25) is 9.10 Å². The molecule has 0 spiro atoms. The van der Waals surface area contributed by atoms with Gasteiger partial charge in [0.2, 0.25) is 0 Å². The zero-order valence-electron chi connectivity index (χ0n) is 15.8. The molecule has 0 bridgehead atoms. The van der Waals surface area contributed by atoms with Crippen molar-refractivity contribution >= 4 is 21.6 Å². The van der Waals surface area contributed by atoms with Gasteiger partial charge < -0.3 is 4.90 Å². The Kier molecular flexibility index (Phi) is 5.85. The van der Waals surface area contributed by atoms with Crippen LogP contribution in [0.3, 0.4) is 0 Å². The number of rotatable bonds is 5. The van der Waals surface area contributed by atoms with Crippen molar-refractivity contribution in [2.45, 2.75) is 43.0 Å². The van der Waals surface area contributed by atoms with Crippen LogP contribution in [0.5, 0.6) is 0 Å². The minimum Gasteiger partial charge on any atom is -0.339 e. The lowest BCUT2D eigenvalue weighted by molar-refractivity contribution is 0.0696. The Morgan fingerprint density at radius 2 is 1.48 bits per heavy atom. The Balaban J connectivity index is 1.75. The highest BCUT2D eigenvalue weighted by atomic mass is 32.2. The molecule has 1 amide bonds. The Bertz CT molecular complexity index is 873. The first-order valence-corrected chi connectivity index (χ1v) is 10.8. The molecule has 1 aliphatic rings. The molecule has 0 aromatic heterocycles. The number of sulfonamides is 1. The summed E-state index contributed by atoms with van der Waals surface area (Å²) in [5.41, 5.74) is 1.10. The first kappa shape index (κ1) is 19.4. The van der Waals surface area contributed by atoms with Crippen molar-refractivity contribution in [2.75, 3.05) is 18.4 Å². The van der Waals surface area contributed by atoms with Crippen molar-refractivity contribution < 1.29 is 13.2 Å². The van der Waals surface area contributed by atoms with Crippen molar-refractivity contribution in [1.29, 1.82) is 0 Å². The lowest BCUT2D eigenvalue weighted by Crippen LogP contribution is -2.38. The largest absolute Gasteiger partial charge is 0.339 e. The van der Waals surface area contributed by atoms with E-state index in [1.54, 1.807) is 54.6 Å². The molecule has 0 N–H and O–H groups in total. The number of hydrogen-bond donors (Lipinski definition) is 0. The molecule has 144 valence electrons. The summed E-state index contributed by atoms with van der Waals surface area (Å²) in [6.45, 7) is 0. The van der Waals surface area contributed by atoms with Crippen molar-refractivity contribution in [1.82, 2.24) is 4.90 Å². The molecule has 0 radical (unpaired) electrons. The molecule has 0 unspecified atom stereocenters. The molecule has 6 heteroatoms. The molecule has 1 aliphatic carbocycles. The quantitative estimate of drug-likeness (QED) is 0.783. The number of carbonyl (C=O) groups is 1. The normalized spacial score (nSPS) is 15.3. The lowest BCUT2D eigenvalue weighted by Gasteiger charge is -2.31. The van der Waals surface area contributed by atoms with Crippen LogP contribution in [-0.4, -0.2) is 39.4 Å². The molecule has 0 atom stereocenters. The van der Waals surface area contributed by atoms with Crippen LogP contribution in [0.4, 0.5) is 5.69 Å². The summed E-state index contributed by atoms with van der Waals surface area (Å²) < 4.78 is 26.7. The fourth-order valence-corrected chi connectivity index (χ4v) is 4.76. The average molecular weight is 387 g/mol. The molecule has 2 aromatic rings. The SMILES string of the molecule is CN(C(=O)c1ccc(N(C)S(=O)(=O)c2ccccc2)cc1)C1CCCCC1. The minimum absolute atomic E-state index is 0.0120. The van der Waals surface area contributed by atoms with Gasteiger partial charge in [0, 0.05) is 25.7 Å². The van der Waals surface area contributed by atoms with Crippen LogP contribution < -0.4 is 4.31 Å². The van der Waals surface area contributed by atoms with E-state index in [4.69, 9.17) is 0 Å². The van der Waals surface area contributed by atoms with E-state index in [1.807, 2.05) is 11.9 Å². The van der Waals surface area contributed by atoms with Gasteiger partial charge in [-0.1, -0.05) is 37.5 Å². The summed E-state index contributed by atoms with van der Waals surface area (Å²) in [5.74, 6) is -0.0120. The van der Waals surface area contributed by atoms with Crippen LogP contribution in [0.1, 0.15) is 42.5 Å². The van der Waals surface area contributed by atoms with Gasteiger partial charge in [0.1, 0.15) is 0 Å². The van der Waals surface area contributed by atoms with E-state index in [0.717, 1.165) is 12.8 Å². The van der Waals surface area contributed by atoms with E-state index in [1.165, 1.54) is 30.6 Å². The average Bonchev–Trinajstić information content (AvgIpc) is 2.73. The predicted octanol–water partition coefficient (Wildman–Crippen LogP) is 3.92. The summed E-state index contributed by atoms with van der Waals surface area (Å²) in [6, 6.07) is 15.4. The highest BCUT2D eigenvalue weighted by molar-refractivity contribution is 7.92. The molecule has 1 fully saturated rings. The topological polar surface area (TPSA) is 57.7 Å². The smallest absolute Gasteiger partial charge is 0.264 e. The molecule has 1 saturated carbocycles.